The van der Waals surface area contributed by atoms with Crippen LogP contribution >= 0.6 is 23.2 Å². The highest BCUT2D eigenvalue weighted by Gasteiger charge is 2.43. The summed E-state index contributed by atoms with van der Waals surface area (Å²) in [6, 6.07) is 5.47. The number of aliphatic hydroxyl groups is 1. The summed E-state index contributed by atoms with van der Waals surface area (Å²) in [5, 5.41) is 11.0. The lowest BCUT2D eigenvalue weighted by Crippen LogP contribution is -2.50. The molecular formula is C18H23Cl2NO2. The number of rotatable bonds is 3. The summed E-state index contributed by atoms with van der Waals surface area (Å²) in [5.74, 6) is 0.229. The normalized spacial score (nSPS) is 31.7. The summed E-state index contributed by atoms with van der Waals surface area (Å²) in [7, 11) is 0. The number of aliphatic hydroxyl groups excluding tert-OH is 1. The van der Waals surface area contributed by atoms with Crippen LogP contribution in [0.5, 0.6) is 0 Å². The molecule has 1 unspecified atom stereocenters. The maximum atomic E-state index is 12.9. The molecule has 0 aromatic heterocycles. The molecule has 1 N–H and O–H groups in total. The van der Waals surface area contributed by atoms with Crippen LogP contribution in [0.4, 0.5) is 0 Å². The van der Waals surface area contributed by atoms with E-state index in [2.05, 4.69) is 6.92 Å². The molecule has 2 aliphatic rings. The van der Waals surface area contributed by atoms with Crippen molar-refractivity contribution in [2.75, 3.05) is 6.54 Å². The van der Waals surface area contributed by atoms with Gasteiger partial charge in [-0.05, 0) is 63.1 Å². The quantitative estimate of drug-likeness (QED) is 0.887. The second kappa shape index (κ2) is 6.62. The fourth-order valence-corrected chi connectivity index (χ4v) is 4.40. The van der Waals surface area contributed by atoms with E-state index in [1.807, 2.05) is 17.0 Å². The van der Waals surface area contributed by atoms with E-state index in [-0.39, 0.29) is 23.5 Å². The molecule has 0 spiro atoms. The maximum Gasteiger partial charge on any atom is 0.226 e. The Balaban J connectivity index is 1.69. The van der Waals surface area contributed by atoms with E-state index >= 15 is 0 Å². The van der Waals surface area contributed by atoms with Crippen molar-refractivity contribution in [3.63, 3.8) is 0 Å². The number of amides is 1. The number of hydrogen-bond donors (Lipinski definition) is 1. The number of halogens is 2. The zero-order valence-corrected chi connectivity index (χ0v) is 14.9. The Labute approximate surface area is 147 Å². The van der Waals surface area contributed by atoms with Crippen molar-refractivity contribution in [3.8, 4) is 0 Å². The molecule has 1 aromatic carbocycles. The van der Waals surface area contributed by atoms with Gasteiger partial charge in [0.15, 0.2) is 0 Å². The third kappa shape index (κ3) is 3.52. The minimum atomic E-state index is -0.204. The first kappa shape index (κ1) is 17.1. The number of likely N-dealkylation sites (tertiary alicyclic amines) is 1. The van der Waals surface area contributed by atoms with E-state index in [9.17, 15) is 9.90 Å². The monoisotopic (exact) mass is 355 g/mol. The van der Waals surface area contributed by atoms with Gasteiger partial charge in [0.05, 0.1) is 6.10 Å². The van der Waals surface area contributed by atoms with Gasteiger partial charge in [0, 0.05) is 28.0 Å². The van der Waals surface area contributed by atoms with Gasteiger partial charge in [-0.3, -0.25) is 4.79 Å². The van der Waals surface area contributed by atoms with Gasteiger partial charge in [0.2, 0.25) is 5.91 Å². The summed E-state index contributed by atoms with van der Waals surface area (Å²) in [6.07, 6.45) is 4.68. The molecule has 1 aliphatic carbocycles. The van der Waals surface area contributed by atoms with Gasteiger partial charge in [0.1, 0.15) is 0 Å². The molecule has 3 nitrogen and oxygen atoms in total. The molecule has 0 radical (unpaired) electrons. The summed E-state index contributed by atoms with van der Waals surface area (Å²) in [6.45, 7) is 2.97. The average molecular weight is 356 g/mol. The third-order valence-electron chi connectivity index (χ3n) is 5.48. The fourth-order valence-electron chi connectivity index (χ4n) is 3.91. The number of carbonyl (C=O) groups is 1. The molecule has 2 fully saturated rings. The largest absolute Gasteiger partial charge is 0.393 e. The van der Waals surface area contributed by atoms with E-state index in [0.717, 1.165) is 44.2 Å². The Bertz CT molecular complexity index is 597. The van der Waals surface area contributed by atoms with Crippen LogP contribution in [-0.2, 0) is 11.2 Å². The van der Waals surface area contributed by atoms with E-state index in [0.29, 0.717) is 16.5 Å². The molecule has 1 aliphatic heterocycles. The lowest BCUT2D eigenvalue weighted by molar-refractivity contribution is -0.137. The lowest BCUT2D eigenvalue weighted by atomic mass is 9.80. The molecule has 1 amide bonds. The van der Waals surface area contributed by atoms with Crippen LogP contribution in [0.2, 0.25) is 10.0 Å². The van der Waals surface area contributed by atoms with Gasteiger partial charge in [-0.1, -0.05) is 29.3 Å². The van der Waals surface area contributed by atoms with Gasteiger partial charge >= 0.3 is 0 Å². The number of nitrogens with zero attached hydrogens (tertiary/aromatic N) is 1. The van der Waals surface area contributed by atoms with Gasteiger partial charge in [-0.25, -0.2) is 0 Å². The molecule has 5 heteroatoms. The minimum Gasteiger partial charge on any atom is -0.393 e. The molecule has 1 saturated carbocycles. The zero-order chi connectivity index (χ0) is 16.6. The Kier molecular flexibility index (Phi) is 4.91. The van der Waals surface area contributed by atoms with Gasteiger partial charge in [-0.2, -0.15) is 0 Å². The first-order chi connectivity index (χ1) is 10.9. The smallest absolute Gasteiger partial charge is 0.226 e. The van der Waals surface area contributed by atoms with Gasteiger partial charge in [0.25, 0.3) is 0 Å². The van der Waals surface area contributed by atoms with Crippen molar-refractivity contribution < 1.29 is 9.90 Å². The van der Waals surface area contributed by atoms with Crippen LogP contribution in [0.25, 0.3) is 0 Å². The lowest BCUT2D eigenvalue weighted by Gasteiger charge is -2.43. The Morgan fingerprint density at radius 3 is 2.61 bits per heavy atom. The SMILES string of the molecule is CC1(N2CCC(Cc3ccc(Cl)cc3Cl)C2=O)CCC(O)CC1. The number of hydrogen-bond acceptors (Lipinski definition) is 2. The van der Waals surface area contributed by atoms with Crippen LogP contribution in [-0.4, -0.2) is 34.1 Å². The average Bonchev–Trinajstić information content (AvgIpc) is 2.87. The van der Waals surface area contributed by atoms with E-state index < -0.39 is 0 Å². The van der Waals surface area contributed by atoms with Crippen molar-refractivity contribution >= 4 is 29.1 Å². The highest BCUT2D eigenvalue weighted by molar-refractivity contribution is 6.35. The second-order valence-electron chi connectivity index (χ2n) is 7.14. The second-order valence-corrected chi connectivity index (χ2v) is 7.99. The molecule has 126 valence electrons. The minimum absolute atomic E-state index is 0.00245. The predicted octanol–water partition coefficient (Wildman–Crippen LogP) is 4.08. The van der Waals surface area contributed by atoms with Crippen molar-refractivity contribution in [2.24, 2.45) is 5.92 Å². The molecule has 3 rings (SSSR count). The van der Waals surface area contributed by atoms with Gasteiger partial charge in [-0.15, -0.1) is 0 Å². The van der Waals surface area contributed by atoms with Gasteiger partial charge < -0.3 is 10.0 Å². The van der Waals surface area contributed by atoms with Crippen molar-refractivity contribution in [3.05, 3.63) is 33.8 Å². The van der Waals surface area contributed by atoms with Crippen LogP contribution < -0.4 is 0 Å². The molecule has 23 heavy (non-hydrogen) atoms. The summed E-state index contributed by atoms with van der Waals surface area (Å²) < 4.78 is 0. The number of carbonyl (C=O) groups excluding carboxylic acids is 1. The zero-order valence-electron chi connectivity index (χ0n) is 13.4. The van der Waals surface area contributed by atoms with E-state index in [1.165, 1.54) is 0 Å². The predicted molar refractivity (Wildman–Crippen MR) is 92.9 cm³/mol. The van der Waals surface area contributed by atoms with Crippen LogP contribution in [0.15, 0.2) is 18.2 Å². The molecule has 1 atom stereocenters. The first-order valence-electron chi connectivity index (χ1n) is 8.32. The standard InChI is InChI=1S/C18H23Cl2NO2/c1-18(7-4-15(22)5-8-18)21-9-6-13(17(21)23)10-12-2-3-14(19)11-16(12)20/h2-3,11,13,15,22H,4-10H2,1H3. The molecule has 0 bridgehead atoms. The Morgan fingerprint density at radius 1 is 1.26 bits per heavy atom. The van der Waals surface area contributed by atoms with Crippen LogP contribution in [0, 0.1) is 5.92 Å². The maximum absolute atomic E-state index is 12.9. The van der Waals surface area contributed by atoms with Crippen molar-refractivity contribution in [1.82, 2.24) is 4.90 Å². The third-order valence-corrected chi connectivity index (χ3v) is 6.07. The van der Waals surface area contributed by atoms with Crippen LogP contribution in [0.3, 0.4) is 0 Å². The topological polar surface area (TPSA) is 40.5 Å². The molecule has 1 saturated heterocycles. The molecular weight excluding hydrogens is 333 g/mol. The summed E-state index contributed by atoms with van der Waals surface area (Å²) in [5.41, 5.74) is 0.884. The highest BCUT2D eigenvalue weighted by atomic mass is 35.5. The highest BCUT2D eigenvalue weighted by Crippen LogP contribution is 2.38. The van der Waals surface area contributed by atoms with Crippen molar-refractivity contribution in [2.45, 2.75) is 57.1 Å². The van der Waals surface area contributed by atoms with Crippen LogP contribution in [0.1, 0.15) is 44.6 Å². The first-order valence-corrected chi connectivity index (χ1v) is 9.08. The summed E-state index contributed by atoms with van der Waals surface area (Å²) in [4.78, 5) is 14.9. The summed E-state index contributed by atoms with van der Waals surface area (Å²) >= 11 is 12.2. The molecule has 1 heterocycles. The fraction of sp³-hybridized carbons (Fsp3) is 0.611. The Morgan fingerprint density at radius 2 is 1.96 bits per heavy atom. The Hall–Kier alpha value is -0.770. The van der Waals surface area contributed by atoms with E-state index in [4.69, 9.17) is 23.2 Å². The number of benzene rings is 1. The molecule has 1 aromatic rings. The van der Waals surface area contributed by atoms with E-state index in [1.54, 1.807) is 6.07 Å². The van der Waals surface area contributed by atoms with Crippen molar-refractivity contribution in [1.29, 1.82) is 0 Å².